The summed E-state index contributed by atoms with van der Waals surface area (Å²) in [5, 5.41) is 22.2. The van der Waals surface area contributed by atoms with Crippen LogP contribution in [0.5, 0.6) is 0 Å². The van der Waals surface area contributed by atoms with Gasteiger partial charge >= 0.3 is 0 Å². The molecule has 1 aliphatic rings. The molecule has 1 fully saturated rings. The summed E-state index contributed by atoms with van der Waals surface area (Å²) in [6.07, 6.45) is 5.69. The zero-order valence-corrected chi connectivity index (χ0v) is 20.1. The fraction of sp³-hybridized carbons (Fsp3) is 0.348. The van der Waals surface area contributed by atoms with Crippen molar-refractivity contribution < 1.29 is 9.18 Å². The molecule has 0 radical (unpaired) electrons. The smallest absolute Gasteiger partial charge is 0.274 e. The Morgan fingerprint density at radius 1 is 1.25 bits per heavy atom. The Labute approximate surface area is 206 Å². The summed E-state index contributed by atoms with van der Waals surface area (Å²) in [5.41, 5.74) is 1.17. The van der Waals surface area contributed by atoms with Crippen LogP contribution >= 0.6 is 0 Å². The number of hydrogen-bond acceptors (Lipinski definition) is 9. The third-order valence-corrected chi connectivity index (χ3v) is 6.11. The van der Waals surface area contributed by atoms with Crippen LogP contribution in [0, 0.1) is 12.7 Å². The van der Waals surface area contributed by atoms with Gasteiger partial charge in [0.2, 0.25) is 5.95 Å². The Kier molecular flexibility index (Phi) is 6.27. The number of hydrogen-bond donors (Lipinski definition) is 2. The van der Waals surface area contributed by atoms with Crippen molar-refractivity contribution in [3.8, 4) is 5.82 Å². The number of aromatic amines is 1. The van der Waals surface area contributed by atoms with E-state index in [0.717, 1.165) is 24.7 Å². The number of carbonyl (C=O) groups is 1. The van der Waals surface area contributed by atoms with Gasteiger partial charge in [-0.1, -0.05) is 0 Å². The molecule has 1 aliphatic heterocycles. The van der Waals surface area contributed by atoms with E-state index in [2.05, 4.69) is 40.8 Å². The van der Waals surface area contributed by atoms with Crippen molar-refractivity contribution in [2.75, 3.05) is 23.8 Å². The Morgan fingerprint density at radius 2 is 2.11 bits per heavy atom. The van der Waals surface area contributed by atoms with Gasteiger partial charge in [0, 0.05) is 37.6 Å². The first kappa shape index (κ1) is 23.3. The van der Waals surface area contributed by atoms with Crippen molar-refractivity contribution in [1.29, 1.82) is 0 Å². The second-order valence-electron chi connectivity index (χ2n) is 8.86. The highest BCUT2D eigenvalue weighted by atomic mass is 19.1. The van der Waals surface area contributed by atoms with Crippen LogP contribution in [0.2, 0.25) is 0 Å². The topological polar surface area (TPSA) is 134 Å². The number of likely N-dealkylation sites (tertiary alicyclic amines) is 1. The van der Waals surface area contributed by atoms with Crippen LogP contribution in [-0.4, -0.2) is 76.6 Å². The van der Waals surface area contributed by atoms with Crippen molar-refractivity contribution in [2.45, 2.75) is 38.8 Å². The van der Waals surface area contributed by atoms with Crippen LogP contribution in [0.25, 0.3) is 5.82 Å². The zero-order valence-electron chi connectivity index (χ0n) is 20.1. The number of aryl methyl sites for hydroxylation is 1. The number of likely N-dealkylation sites (N-methyl/N-ethyl adjacent to an activating group) is 1. The maximum Gasteiger partial charge on any atom is 0.274 e. The highest BCUT2D eigenvalue weighted by molar-refractivity contribution is 5.93. The number of aromatic nitrogens is 8. The minimum absolute atomic E-state index is 0.0478. The van der Waals surface area contributed by atoms with E-state index in [4.69, 9.17) is 0 Å². The standard InChI is InChI=1S/C23H26FN11O/c1-14-10-20(31-29-14)27-19-8-9-25-23(28-19)33(3)13-17-5-4-15(2)35(17)22(36)18-6-7-21(32-30-18)34-12-16(24)11-26-34/h6-12,15,17H,4-5,13H2,1-3H3,(H2,25,27,28,29,31). The SMILES string of the molecule is Cc1cc(Nc2ccnc(N(C)CC3CCC(C)N3C(=O)c3ccc(-n4cc(F)cn4)nn3)n2)n[nH]1. The molecule has 4 aromatic rings. The summed E-state index contributed by atoms with van der Waals surface area (Å²) in [6.45, 7) is 4.51. The van der Waals surface area contributed by atoms with Gasteiger partial charge in [0.05, 0.1) is 18.4 Å². The number of rotatable bonds is 7. The van der Waals surface area contributed by atoms with E-state index in [1.165, 1.54) is 10.9 Å². The number of amides is 1. The number of carbonyl (C=O) groups excluding carboxylic acids is 1. The highest BCUT2D eigenvalue weighted by Crippen LogP contribution is 2.27. The molecular formula is C23H26FN11O. The van der Waals surface area contributed by atoms with Crippen molar-refractivity contribution in [3.63, 3.8) is 0 Å². The van der Waals surface area contributed by atoms with Gasteiger partial charge in [-0.3, -0.25) is 9.89 Å². The molecule has 36 heavy (non-hydrogen) atoms. The minimum atomic E-state index is -0.476. The van der Waals surface area contributed by atoms with Crippen molar-refractivity contribution >= 4 is 23.5 Å². The lowest BCUT2D eigenvalue weighted by atomic mass is 10.2. The van der Waals surface area contributed by atoms with Crippen molar-refractivity contribution in [2.24, 2.45) is 0 Å². The van der Waals surface area contributed by atoms with Crippen LogP contribution in [-0.2, 0) is 0 Å². The molecule has 4 aromatic heterocycles. The summed E-state index contributed by atoms with van der Waals surface area (Å²) in [7, 11) is 1.90. The normalized spacial score (nSPS) is 17.4. The highest BCUT2D eigenvalue weighted by Gasteiger charge is 2.36. The largest absolute Gasteiger partial charge is 0.342 e. The molecule has 12 nitrogen and oxygen atoms in total. The van der Waals surface area contributed by atoms with Crippen LogP contribution in [0.15, 0.2) is 42.9 Å². The fourth-order valence-corrected chi connectivity index (χ4v) is 4.35. The molecule has 0 aromatic carbocycles. The first-order valence-corrected chi connectivity index (χ1v) is 11.6. The van der Waals surface area contributed by atoms with E-state index >= 15 is 0 Å². The van der Waals surface area contributed by atoms with Crippen molar-refractivity contribution in [1.82, 2.24) is 45.0 Å². The van der Waals surface area contributed by atoms with Gasteiger partial charge < -0.3 is 15.1 Å². The van der Waals surface area contributed by atoms with Crippen LogP contribution in [0.4, 0.5) is 22.0 Å². The molecular weight excluding hydrogens is 465 g/mol. The second kappa shape index (κ2) is 9.68. The molecule has 2 N–H and O–H groups in total. The quantitative estimate of drug-likeness (QED) is 0.400. The number of anilines is 3. The molecule has 5 heterocycles. The van der Waals surface area contributed by atoms with Gasteiger partial charge in [-0.25, -0.2) is 14.1 Å². The third-order valence-electron chi connectivity index (χ3n) is 6.11. The van der Waals surface area contributed by atoms with E-state index in [1.54, 1.807) is 24.4 Å². The van der Waals surface area contributed by atoms with Crippen molar-refractivity contribution in [3.05, 3.63) is 60.1 Å². The number of H-pyrrole nitrogens is 1. The van der Waals surface area contributed by atoms with E-state index in [-0.39, 0.29) is 23.7 Å². The van der Waals surface area contributed by atoms with Crippen LogP contribution in [0.1, 0.15) is 35.9 Å². The number of nitrogens with one attached hydrogen (secondary N) is 2. The van der Waals surface area contributed by atoms with E-state index in [9.17, 15) is 9.18 Å². The number of halogens is 1. The maximum absolute atomic E-state index is 13.4. The molecule has 13 heteroatoms. The van der Waals surface area contributed by atoms with Gasteiger partial charge in [0.15, 0.2) is 23.1 Å². The van der Waals surface area contributed by atoms with E-state index in [1.807, 2.05) is 36.8 Å². The molecule has 0 bridgehead atoms. The average Bonchev–Trinajstić information content (AvgIpc) is 3.59. The van der Waals surface area contributed by atoms with Gasteiger partial charge in [-0.2, -0.15) is 15.2 Å². The lowest BCUT2D eigenvalue weighted by molar-refractivity contribution is 0.0677. The Morgan fingerprint density at radius 3 is 2.81 bits per heavy atom. The fourth-order valence-electron chi connectivity index (χ4n) is 4.35. The second-order valence-corrected chi connectivity index (χ2v) is 8.86. The zero-order chi connectivity index (χ0) is 25.2. The molecule has 0 aliphatic carbocycles. The Hall–Kier alpha value is -4.42. The first-order valence-electron chi connectivity index (χ1n) is 11.6. The predicted molar refractivity (Wildman–Crippen MR) is 130 cm³/mol. The predicted octanol–water partition coefficient (Wildman–Crippen LogP) is 2.50. The molecule has 1 saturated heterocycles. The average molecular weight is 492 g/mol. The molecule has 1 amide bonds. The molecule has 5 rings (SSSR count). The maximum atomic E-state index is 13.4. The monoisotopic (exact) mass is 491 g/mol. The van der Waals surface area contributed by atoms with Gasteiger partial charge in [0.1, 0.15) is 5.82 Å². The molecule has 0 saturated carbocycles. The van der Waals surface area contributed by atoms with Crippen LogP contribution < -0.4 is 10.2 Å². The Balaban J connectivity index is 1.28. The third kappa shape index (κ3) is 4.85. The van der Waals surface area contributed by atoms with Crippen LogP contribution in [0.3, 0.4) is 0 Å². The lowest BCUT2D eigenvalue weighted by Crippen LogP contribution is -2.45. The molecule has 2 unspecified atom stereocenters. The lowest BCUT2D eigenvalue weighted by Gasteiger charge is -2.31. The summed E-state index contributed by atoms with van der Waals surface area (Å²) in [4.78, 5) is 26.2. The van der Waals surface area contributed by atoms with E-state index < -0.39 is 5.82 Å². The minimum Gasteiger partial charge on any atom is -0.342 e. The summed E-state index contributed by atoms with van der Waals surface area (Å²) >= 11 is 0. The number of nitrogens with zero attached hydrogens (tertiary/aromatic N) is 9. The van der Waals surface area contributed by atoms with Gasteiger partial charge in [-0.05, 0) is 44.9 Å². The summed E-state index contributed by atoms with van der Waals surface area (Å²) in [6, 6.07) is 6.85. The molecule has 0 spiro atoms. The van der Waals surface area contributed by atoms with Gasteiger partial charge in [-0.15, -0.1) is 10.2 Å². The first-order chi connectivity index (χ1) is 17.4. The Bertz CT molecular complexity index is 1350. The summed E-state index contributed by atoms with van der Waals surface area (Å²) < 4.78 is 14.5. The van der Waals surface area contributed by atoms with E-state index in [0.29, 0.717) is 29.9 Å². The van der Waals surface area contributed by atoms with Gasteiger partial charge in [0.25, 0.3) is 5.91 Å². The summed E-state index contributed by atoms with van der Waals surface area (Å²) in [5.74, 6) is 1.49. The molecule has 2 atom stereocenters. The molecule has 186 valence electrons.